The van der Waals surface area contributed by atoms with Gasteiger partial charge in [-0.3, -0.25) is 0 Å². The van der Waals surface area contributed by atoms with Crippen molar-refractivity contribution in [2.75, 3.05) is 0 Å². The van der Waals surface area contributed by atoms with E-state index in [-0.39, 0.29) is 11.6 Å². The van der Waals surface area contributed by atoms with Crippen LogP contribution in [-0.2, 0) is 4.79 Å². The highest BCUT2D eigenvalue weighted by atomic mass is 16.4. The lowest BCUT2D eigenvalue weighted by atomic mass is 10.1. The summed E-state index contributed by atoms with van der Waals surface area (Å²) in [5.41, 5.74) is 2.32. The lowest BCUT2D eigenvalue weighted by molar-refractivity contribution is -0.133. The van der Waals surface area contributed by atoms with Crippen molar-refractivity contribution in [1.29, 1.82) is 0 Å². The maximum absolute atomic E-state index is 11.4. The third kappa shape index (κ3) is 2.02. The van der Waals surface area contributed by atoms with E-state index in [4.69, 9.17) is 0 Å². The molecular formula is C18H17NO2. The number of nitrogens with zero attached hydrogens (tertiary/aromatic N) is 1. The first-order chi connectivity index (χ1) is 10.1. The molecule has 2 aromatic carbocycles. The van der Waals surface area contributed by atoms with Crippen LogP contribution in [0.2, 0.25) is 0 Å². The highest BCUT2D eigenvalue weighted by molar-refractivity contribution is 6.08. The normalized spacial score (nSPS) is 12.6. The van der Waals surface area contributed by atoms with E-state index in [1.165, 1.54) is 0 Å². The zero-order chi connectivity index (χ0) is 15.0. The Balaban J connectivity index is 2.38. The van der Waals surface area contributed by atoms with E-state index in [0.29, 0.717) is 6.42 Å². The third-order valence-electron chi connectivity index (χ3n) is 3.99. The van der Waals surface area contributed by atoms with E-state index < -0.39 is 5.97 Å². The predicted molar refractivity (Wildman–Crippen MR) is 85.5 cm³/mol. The van der Waals surface area contributed by atoms with Gasteiger partial charge in [0, 0.05) is 21.8 Å². The van der Waals surface area contributed by atoms with Crippen LogP contribution in [0.5, 0.6) is 0 Å². The highest BCUT2D eigenvalue weighted by Crippen LogP contribution is 2.34. The van der Waals surface area contributed by atoms with Gasteiger partial charge in [0.1, 0.15) is 0 Å². The Labute approximate surface area is 123 Å². The largest absolute Gasteiger partial charge is 0.478 e. The second-order valence-electron chi connectivity index (χ2n) is 5.16. The molecular weight excluding hydrogens is 262 g/mol. The van der Waals surface area contributed by atoms with Crippen LogP contribution in [0.25, 0.3) is 21.8 Å². The SMILES string of the molecule is C=C(C(=O)O)C(CC)n1c2ccccc2c2ccccc21. The topological polar surface area (TPSA) is 42.2 Å². The van der Waals surface area contributed by atoms with Crippen LogP contribution in [0.3, 0.4) is 0 Å². The fraction of sp³-hybridized carbons (Fsp3) is 0.167. The number of rotatable bonds is 4. The first-order valence-electron chi connectivity index (χ1n) is 7.05. The predicted octanol–water partition coefficient (Wildman–Crippen LogP) is 4.39. The van der Waals surface area contributed by atoms with Crippen molar-refractivity contribution >= 4 is 27.8 Å². The minimum absolute atomic E-state index is 0.226. The van der Waals surface area contributed by atoms with Crippen LogP contribution >= 0.6 is 0 Å². The molecule has 1 atom stereocenters. The van der Waals surface area contributed by atoms with Crippen molar-refractivity contribution in [3.63, 3.8) is 0 Å². The number of para-hydroxylation sites is 2. The maximum Gasteiger partial charge on any atom is 0.333 e. The van der Waals surface area contributed by atoms with E-state index in [2.05, 4.69) is 23.3 Å². The van der Waals surface area contributed by atoms with Gasteiger partial charge in [-0.2, -0.15) is 0 Å². The van der Waals surface area contributed by atoms with Gasteiger partial charge in [-0.15, -0.1) is 0 Å². The van der Waals surface area contributed by atoms with Gasteiger partial charge in [-0.05, 0) is 18.6 Å². The smallest absolute Gasteiger partial charge is 0.333 e. The molecule has 0 aliphatic carbocycles. The number of carbonyl (C=O) groups is 1. The van der Waals surface area contributed by atoms with E-state index in [1.54, 1.807) is 0 Å². The number of carboxylic acid groups (broad SMARTS) is 1. The molecule has 0 aliphatic heterocycles. The second kappa shape index (κ2) is 5.09. The third-order valence-corrected chi connectivity index (χ3v) is 3.99. The monoisotopic (exact) mass is 279 g/mol. The Hall–Kier alpha value is -2.55. The molecule has 106 valence electrons. The van der Waals surface area contributed by atoms with Crippen LogP contribution in [0.4, 0.5) is 0 Å². The van der Waals surface area contributed by atoms with Crippen molar-refractivity contribution < 1.29 is 9.90 Å². The van der Waals surface area contributed by atoms with E-state index in [1.807, 2.05) is 43.3 Å². The fourth-order valence-electron chi connectivity index (χ4n) is 3.02. The molecule has 0 radical (unpaired) electrons. The summed E-state index contributed by atoms with van der Waals surface area (Å²) >= 11 is 0. The van der Waals surface area contributed by atoms with Crippen LogP contribution in [0, 0.1) is 0 Å². The lowest BCUT2D eigenvalue weighted by Crippen LogP contribution is -2.15. The minimum Gasteiger partial charge on any atom is -0.478 e. The molecule has 0 saturated heterocycles. The first-order valence-corrected chi connectivity index (χ1v) is 7.05. The molecule has 3 rings (SSSR count). The second-order valence-corrected chi connectivity index (χ2v) is 5.16. The Bertz CT molecular complexity index is 791. The molecule has 0 aliphatic rings. The van der Waals surface area contributed by atoms with Crippen molar-refractivity contribution in [2.24, 2.45) is 0 Å². The van der Waals surface area contributed by atoms with Gasteiger partial charge < -0.3 is 9.67 Å². The standard InChI is InChI=1S/C18H17NO2/c1-3-15(12(2)18(20)21)19-16-10-6-4-8-13(16)14-9-5-7-11-17(14)19/h4-11,15H,2-3H2,1H3,(H,20,21). The summed E-state index contributed by atoms with van der Waals surface area (Å²) in [6.07, 6.45) is 0.688. The number of aromatic nitrogens is 1. The molecule has 0 spiro atoms. The van der Waals surface area contributed by atoms with Crippen molar-refractivity contribution in [3.05, 3.63) is 60.7 Å². The zero-order valence-electron chi connectivity index (χ0n) is 11.9. The van der Waals surface area contributed by atoms with Gasteiger partial charge in [-0.25, -0.2) is 4.79 Å². The fourth-order valence-corrected chi connectivity index (χ4v) is 3.02. The van der Waals surface area contributed by atoms with Crippen molar-refractivity contribution in [1.82, 2.24) is 4.57 Å². The van der Waals surface area contributed by atoms with Gasteiger partial charge in [-0.1, -0.05) is 49.9 Å². The summed E-state index contributed by atoms with van der Waals surface area (Å²) < 4.78 is 2.10. The number of aliphatic carboxylic acids is 1. The highest BCUT2D eigenvalue weighted by Gasteiger charge is 2.22. The summed E-state index contributed by atoms with van der Waals surface area (Å²) in [5, 5.41) is 11.6. The molecule has 3 nitrogen and oxygen atoms in total. The molecule has 21 heavy (non-hydrogen) atoms. The Morgan fingerprint density at radius 3 is 2.00 bits per heavy atom. The zero-order valence-corrected chi connectivity index (χ0v) is 11.9. The van der Waals surface area contributed by atoms with Crippen LogP contribution in [0.15, 0.2) is 60.7 Å². The molecule has 1 heterocycles. The Morgan fingerprint density at radius 2 is 1.57 bits per heavy atom. The molecule has 1 aromatic heterocycles. The summed E-state index contributed by atoms with van der Waals surface area (Å²) in [6.45, 7) is 5.76. The van der Waals surface area contributed by atoms with Crippen molar-refractivity contribution in [2.45, 2.75) is 19.4 Å². The van der Waals surface area contributed by atoms with Gasteiger partial charge >= 0.3 is 5.97 Å². The summed E-state index contributed by atoms with van der Waals surface area (Å²) in [6, 6.07) is 15.9. The minimum atomic E-state index is -0.941. The number of benzene rings is 2. The number of carboxylic acids is 1. The van der Waals surface area contributed by atoms with Crippen LogP contribution < -0.4 is 0 Å². The molecule has 1 N–H and O–H groups in total. The van der Waals surface area contributed by atoms with E-state index >= 15 is 0 Å². The average Bonchev–Trinajstić information content (AvgIpc) is 2.83. The lowest BCUT2D eigenvalue weighted by Gasteiger charge is -2.20. The molecule has 0 saturated carbocycles. The van der Waals surface area contributed by atoms with Gasteiger partial charge in [0.2, 0.25) is 0 Å². The van der Waals surface area contributed by atoms with E-state index in [0.717, 1.165) is 21.8 Å². The quantitative estimate of drug-likeness (QED) is 0.720. The Kier molecular flexibility index (Phi) is 3.26. The van der Waals surface area contributed by atoms with Crippen LogP contribution in [-0.4, -0.2) is 15.6 Å². The molecule has 0 fully saturated rings. The van der Waals surface area contributed by atoms with Gasteiger partial charge in [0.25, 0.3) is 0 Å². The summed E-state index contributed by atoms with van der Waals surface area (Å²) in [4.78, 5) is 11.4. The van der Waals surface area contributed by atoms with Crippen molar-refractivity contribution in [3.8, 4) is 0 Å². The number of fused-ring (bicyclic) bond motifs is 3. The number of hydrogen-bond acceptors (Lipinski definition) is 1. The molecule has 1 unspecified atom stereocenters. The summed E-state index contributed by atoms with van der Waals surface area (Å²) in [5.74, 6) is -0.941. The first kappa shape index (κ1) is 13.4. The molecule has 3 aromatic rings. The molecule has 0 bridgehead atoms. The molecule has 3 heteroatoms. The number of hydrogen-bond donors (Lipinski definition) is 1. The Morgan fingerprint density at radius 1 is 1.10 bits per heavy atom. The molecule has 0 amide bonds. The van der Waals surface area contributed by atoms with Gasteiger partial charge in [0.05, 0.1) is 11.6 Å². The summed E-state index contributed by atoms with van der Waals surface area (Å²) in [7, 11) is 0. The van der Waals surface area contributed by atoms with Crippen LogP contribution in [0.1, 0.15) is 19.4 Å². The maximum atomic E-state index is 11.4. The van der Waals surface area contributed by atoms with E-state index in [9.17, 15) is 9.90 Å². The van der Waals surface area contributed by atoms with Gasteiger partial charge in [0.15, 0.2) is 0 Å². The average molecular weight is 279 g/mol.